The van der Waals surface area contributed by atoms with E-state index in [9.17, 15) is 0 Å². The zero-order valence-electron chi connectivity index (χ0n) is 7.99. The van der Waals surface area contributed by atoms with Crippen LogP contribution in [0, 0.1) is 11.3 Å². The van der Waals surface area contributed by atoms with Crippen molar-refractivity contribution in [2.45, 2.75) is 0 Å². The molecule has 0 aromatic heterocycles. The highest BCUT2D eigenvalue weighted by atomic mass is 16.5. The minimum absolute atomic E-state index is 0.394. The van der Waals surface area contributed by atoms with Crippen molar-refractivity contribution in [3.63, 3.8) is 0 Å². The van der Waals surface area contributed by atoms with Gasteiger partial charge in [0.2, 0.25) is 0 Å². The van der Waals surface area contributed by atoms with E-state index in [-0.39, 0.29) is 0 Å². The molecule has 0 amide bonds. The minimum Gasteiger partial charge on any atom is -0.493 e. The van der Waals surface area contributed by atoms with Crippen molar-refractivity contribution in [2.75, 3.05) is 13.7 Å². The van der Waals surface area contributed by atoms with E-state index in [1.807, 2.05) is 6.07 Å². The van der Waals surface area contributed by atoms with Gasteiger partial charge in [0.25, 0.3) is 0 Å². The molecular weight excluding hydrogens is 178 g/mol. The van der Waals surface area contributed by atoms with E-state index in [1.54, 1.807) is 31.4 Å². The van der Waals surface area contributed by atoms with Gasteiger partial charge in [0.1, 0.15) is 6.61 Å². The number of methoxy groups -OCH3 is 1. The van der Waals surface area contributed by atoms with Gasteiger partial charge in [0.15, 0.2) is 11.5 Å². The lowest BCUT2D eigenvalue weighted by atomic mass is 10.2. The highest BCUT2D eigenvalue weighted by Gasteiger charge is 2.04. The number of nitrogens with zero attached hydrogens (tertiary/aromatic N) is 1. The predicted molar refractivity (Wildman–Crippen MR) is 53.4 cm³/mol. The van der Waals surface area contributed by atoms with Crippen molar-refractivity contribution < 1.29 is 9.47 Å². The van der Waals surface area contributed by atoms with Crippen LogP contribution >= 0.6 is 0 Å². The molecule has 0 heterocycles. The Labute approximate surface area is 83.2 Å². The van der Waals surface area contributed by atoms with Gasteiger partial charge >= 0.3 is 0 Å². The summed E-state index contributed by atoms with van der Waals surface area (Å²) in [5, 5.41) is 8.68. The maximum absolute atomic E-state index is 8.68. The molecule has 1 aromatic carbocycles. The molecule has 0 bridgehead atoms. The zero-order chi connectivity index (χ0) is 10.4. The van der Waals surface area contributed by atoms with Crippen molar-refractivity contribution in [3.05, 3.63) is 36.4 Å². The van der Waals surface area contributed by atoms with Gasteiger partial charge in [-0.15, -0.1) is 0 Å². The zero-order valence-corrected chi connectivity index (χ0v) is 7.99. The standard InChI is InChI=1S/C11H11NO2/c1-3-6-14-11-7-9(8-12)4-5-10(11)13-2/h3-5,7H,1,6H2,2H3. The van der Waals surface area contributed by atoms with Gasteiger partial charge in [-0.2, -0.15) is 5.26 Å². The molecule has 0 N–H and O–H groups in total. The largest absolute Gasteiger partial charge is 0.493 e. The van der Waals surface area contributed by atoms with E-state index in [1.165, 1.54) is 0 Å². The van der Waals surface area contributed by atoms with Crippen molar-refractivity contribution in [3.8, 4) is 17.6 Å². The van der Waals surface area contributed by atoms with E-state index in [0.717, 1.165) is 0 Å². The molecule has 0 aliphatic heterocycles. The first-order valence-electron chi connectivity index (χ1n) is 4.13. The number of hydrogen-bond acceptors (Lipinski definition) is 3. The molecule has 0 aliphatic carbocycles. The van der Waals surface area contributed by atoms with Crippen LogP contribution in [0.15, 0.2) is 30.9 Å². The Hall–Kier alpha value is -1.95. The summed E-state index contributed by atoms with van der Waals surface area (Å²) in [7, 11) is 1.56. The Morgan fingerprint density at radius 1 is 1.50 bits per heavy atom. The second kappa shape index (κ2) is 4.93. The fraction of sp³-hybridized carbons (Fsp3) is 0.182. The first kappa shape index (κ1) is 10.1. The lowest BCUT2D eigenvalue weighted by molar-refractivity contribution is 0.326. The van der Waals surface area contributed by atoms with Gasteiger partial charge in [-0.05, 0) is 12.1 Å². The molecule has 0 unspecified atom stereocenters. The van der Waals surface area contributed by atoms with Crippen LogP contribution in [-0.2, 0) is 0 Å². The molecule has 14 heavy (non-hydrogen) atoms. The van der Waals surface area contributed by atoms with Crippen LogP contribution in [-0.4, -0.2) is 13.7 Å². The third-order valence-corrected chi connectivity index (χ3v) is 1.65. The van der Waals surface area contributed by atoms with Crippen LogP contribution in [0.4, 0.5) is 0 Å². The van der Waals surface area contributed by atoms with Gasteiger partial charge in [-0.3, -0.25) is 0 Å². The summed E-state index contributed by atoms with van der Waals surface area (Å²) in [6.45, 7) is 3.94. The third kappa shape index (κ3) is 2.27. The number of ether oxygens (including phenoxy) is 2. The van der Waals surface area contributed by atoms with Crippen molar-refractivity contribution in [1.29, 1.82) is 5.26 Å². The summed E-state index contributed by atoms with van der Waals surface area (Å²) in [6.07, 6.45) is 1.64. The molecule has 1 aromatic rings. The van der Waals surface area contributed by atoms with Crippen LogP contribution in [0.3, 0.4) is 0 Å². The first-order valence-corrected chi connectivity index (χ1v) is 4.13. The summed E-state index contributed by atoms with van der Waals surface area (Å²) in [5.41, 5.74) is 0.546. The lowest BCUT2D eigenvalue weighted by Crippen LogP contribution is -1.96. The van der Waals surface area contributed by atoms with Crippen LogP contribution in [0.2, 0.25) is 0 Å². The van der Waals surface area contributed by atoms with Crippen LogP contribution < -0.4 is 9.47 Å². The minimum atomic E-state index is 0.394. The number of benzene rings is 1. The van der Waals surface area contributed by atoms with E-state index >= 15 is 0 Å². The molecule has 1 rings (SSSR count). The van der Waals surface area contributed by atoms with Gasteiger partial charge in [-0.25, -0.2) is 0 Å². The molecule has 0 saturated heterocycles. The van der Waals surface area contributed by atoms with Crippen molar-refractivity contribution in [1.82, 2.24) is 0 Å². The molecule has 0 spiro atoms. The lowest BCUT2D eigenvalue weighted by Gasteiger charge is -2.08. The van der Waals surface area contributed by atoms with Gasteiger partial charge in [0, 0.05) is 6.07 Å². The highest BCUT2D eigenvalue weighted by molar-refractivity contribution is 5.46. The Morgan fingerprint density at radius 3 is 2.86 bits per heavy atom. The Bertz CT molecular complexity index is 366. The first-order chi connectivity index (χ1) is 6.81. The fourth-order valence-electron chi connectivity index (χ4n) is 1.01. The Kier molecular flexibility index (Phi) is 3.57. The average molecular weight is 189 g/mol. The number of hydrogen-bond donors (Lipinski definition) is 0. The summed E-state index contributed by atoms with van der Waals surface area (Å²) < 4.78 is 10.4. The fourth-order valence-corrected chi connectivity index (χ4v) is 1.01. The second-order valence-electron chi connectivity index (χ2n) is 2.58. The maximum atomic E-state index is 8.68. The molecule has 72 valence electrons. The normalized spacial score (nSPS) is 8.86. The Morgan fingerprint density at radius 2 is 2.29 bits per heavy atom. The van der Waals surface area contributed by atoms with E-state index in [2.05, 4.69) is 6.58 Å². The molecule has 3 nitrogen and oxygen atoms in total. The Balaban J connectivity index is 2.97. The van der Waals surface area contributed by atoms with Gasteiger partial charge < -0.3 is 9.47 Å². The van der Waals surface area contributed by atoms with Crippen molar-refractivity contribution in [2.24, 2.45) is 0 Å². The second-order valence-corrected chi connectivity index (χ2v) is 2.58. The molecule has 0 saturated carbocycles. The average Bonchev–Trinajstić information content (AvgIpc) is 2.25. The molecular formula is C11H11NO2. The smallest absolute Gasteiger partial charge is 0.162 e. The monoisotopic (exact) mass is 189 g/mol. The number of nitriles is 1. The SMILES string of the molecule is C=CCOc1cc(C#N)ccc1OC. The van der Waals surface area contributed by atoms with Crippen LogP contribution in [0.5, 0.6) is 11.5 Å². The van der Waals surface area contributed by atoms with Gasteiger partial charge in [0.05, 0.1) is 18.7 Å². The summed E-state index contributed by atoms with van der Waals surface area (Å²) in [5.74, 6) is 1.18. The van der Waals surface area contributed by atoms with E-state index in [4.69, 9.17) is 14.7 Å². The summed E-state index contributed by atoms with van der Waals surface area (Å²) in [4.78, 5) is 0. The maximum Gasteiger partial charge on any atom is 0.162 e. The molecule has 0 fully saturated rings. The topological polar surface area (TPSA) is 42.2 Å². The summed E-state index contributed by atoms with van der Waals surface area (Å²) >= 11 is 0. The van der Waals surface area contributed by atoms with E-state index < -0.39 is 0 Å². The van der Waals surface area contributed by atoms with Crippen molar-refractivity contribution >= 4 is 0 Å². The number of rotatable bonds is 4. The molecule has 0 radical (unpaired) electrons. The quantitative estimate of drug-likeness (QED) is 0.681. The third-order valence-electron chi connectivity index (χ3n) is 1.65. The molecule has 0 aliphatic rings. The predicted octanol–water partition coefficient (Wildman–Crippen LogP) is 2.13. The highest BCUT2D eigenvalue weighted by Crippen LogP contribution is 2.27. The van der Waals surface area contributed by atoms with Crippen LogP contribution in [0.25, 0.3) is 0 Å². The molecule has 3 heteroatoms. The van der Waals surface area contributed by atoms with E-state index in [0.29, 0.717) is 23.7 Å². The molecule has 0 atom stereocenters. The van der Waals surface area contributed by atoms with Gasteiger partial charge in [-0.1, -0.05) is 12.7 Å². The summed E-state index contributed by atoms with van der Waals surface area (Å²) in [6, 6.07) is 7.06. The van der Waals surface area contributed by atoms with Crippen LogP contribution in [0.1, 0.15) is 5.56 Å².